The lowest BCUT2D eigenvalue weighted by Crippen LogP contribution is -2.48. The lowest BCUT2D eigenvalue weighted by atomic mass is 10.2. The molecular formula is C22H24ClN5O2S. The summed E-state index contributed by atoms with van der Waals surface area (Å²) in [5, 5.41) is 4.35. The summed E-state index contributed by atoms with van der Waals surface area (Å²) < 4.78 is 5.76. The zero-order valence-electron chi connectivity index (χ0n) is 17.5. The molecule has 0 saturated carbocycles. The second-order valence-corrected chi connectivity index (χ2v) is 8.54. The van der Waals surface area contributed by atoms with Gasteiger partial charge in [-0.1, -0.05) is 35.1 Å². The summed E-state index contributed by atoms with van der Waals surface area (Å²) in [5.74, 6) is 1.54. The number of hydrogen-bond donors (Lipinski definition) is 1. The first-order valence-electron chi connectivity index (χ1n) is 10.2. The number of nitrogens with zero attached hydrogens (tertiary/aromatic N) is 4. The van der Waals surface area contributed by atoms with E-state index in [0.717, 1.165) is 30.2 Å². The molecule has 1 aromatic carbocycles. The van der Waals surface area contributed by atoms with Crippen LogP contribution in [0.2, 0.25) is 5.02 Å². The van der Waals surface area contributed by atoms with Crippen LogP contribution in [-0.2, 0) is 0 Å². The molecule has 7 nitrogen and oxygen atoms in total. The number of nitrogens with one attached hydrogen (secondary N) is 1. The van der Waals surface area contributed by atoms with Crippen molar-refractivity contribution in [1.29, 1.82) is 0 Å². The molecule has 0 bridgehead atoms. The topological polar surface area (TPSA) is 70.6 Å². The van der Waals surface area contributed by atoms with Gasteiger partial charge in [-0.05, 0) is 38.1 Å². The minimum Gasteiger partial charge on any atom is -0.492 e. The fourth-order valence-corrected chi connectivity index (χ4v) is 4.55. The minimum absolute atomic E-state index is 0.0184. The molecule has 1 fully saturated rings. The van der Waals surface area contributed by atoms with E-state index in [1.54, 1.807) is 18.3 Å². The van der Waals surface area contributed by atoms with E-state index in [-0.39, 0.29) is 5.91 Å². The smallest absolute Gasteiger partial charge is 0.266 e. The maximum Gasteiger partial charge on any atom is 0.266 e. The van der Waals surface area contributed by atoms with E-state index in [0.29, 0.717) is 40.5 Å². The standard InChI is InChI=1S/C22H24ClN5O2S/c1-3-30-18-7-5-4-6-17(18)27-10-12-28(13-11-27)21(29)20-15(2)25-22(31-20)26-19-9-8-16(23)14-24-19/h4-9,14H,3,10-13H2,1-2H3,(H,24,25,26). The molecule has 0 spiro atoms. The maximum atomic E-state index is 13.1. The van der Waals surface area contributed by atoms with Gasteiger partial charge in [-0.15, -0.1) is 0 Å². The number of pyridine rings is 1. The largest absolute Gasteiger partial charge is 0.492 e. The molecule has 0 radical (unpaired) electrons. The van der Waals surface area contributed by atoms with Crippen LogP contribution in [0, 0.1) is 6.92 Å². The van der Waals surface area contributed by atoms with Crippen molar-refractivity contribution in [3.8, 4) is 5.75 Å². The number of para-hydroxylation sites is 2. The lowest BCUT2D eigenvalue weighted by molar-refractivity contribution is 0.0750. The van der Waals surface area contributed by atoms with Gasteiger partial charge in [-0.2, -0.15) is 0 Å². The second-order valence-electron chi connectivity index (χ2n) is 7.10. The average molecular weight is 458 g/mol. The lowest BCUT2D eigenvalue weighted by Gasteiger charge is -2.36. The highest BCUT2D eigenvalue weighted by molar-refractivity contribution is 7.17. The fraction of sp³-hybridized carbons (Fsp3) is 0.318. The SMILES string of the molecule is CCOc1ccccc1N1CCN(C(=O)c2sc(Nc3ccc(Cl)cn3)nc2C)CC1. The van der Waals surface area contributed by atoms with Gasteiger partial charge in [-0.3, -0.25) is 4.79 Å². The number of hydrogen-bond acceptors (Lipinski definition) is 7. The third kappa shape index (κ3) is 4.91. The zero-order valence-corrected chi connectivity index (χ0v) is 19.0. The summed E-state index contributed by atoms with van der Waals surface area (Å²) in [6.07, 6.45) is 1.57. The van der Waals surface area contributed by atoms with Crippen molar-refractivity contribution in [1.82, 2.24) is 14.9 Å². The number of ether oxygens (including phenoxy) is 1. The van der Waals surface area contributed by atoms with E-state index in [1.807, 2.05) is 36.9 Å². The highest BCUT2D eigenvalue weighted by Gasteiger charge is 2.26. The molecule has 2 aromatic heterocycles. The summed E-state index contributed by atoms with van der Waals surface area (Å²) in [5.41, 5.74) is 1.79. The Labute approximate surface area is 190 Å². The number of piperazine rings is 1. The number of benzene rings is 1. The number of thiazole rings is 1. The Balaban J connectivity index is 1.41. The van der Waals surface area contributed by atoms with Gasteiger partial charge in [0.15, 0.2) is 5.13 Å². The van der Waals surface area contributed by atoms with Crippen LogP contribution < -0.4 is 15.0 Å². The van der Waals surface area contributed by atoms with Gasteiger partial charge < -0.3 is 19.9 Å². The number of carbonyl (C=O) groups excluding carboxylic acids is 1. The van der Waals surface area contributed by atoms with Crippen LogP contribution in [0.25, 0.3) is 0 Å². The predicted octanol–water partition coefficient (Wildman–Crippen LogP) is 4.60. The van der Waals surface area contributed by atoms with E-state index in [2.05, 4.69) is 26.3 Å². The Morgan fingerprint density at radius 3 is 2.68 bits per heavy atom. The van der Waals surface area contributed by atoms with Crippen LogP contribution in [0.15, 0.2) is 42.6 Å². The van der Waals surface area contributed by atoms with E-state index >= 15 is 0 Å². The average Bonchev–Trinajstić information content (AvgIpc) is 3.15. The van der Waals surface area contributed by atoms with Crippen molar-refractivity contribution in [2.45, 2.75) is 13.8 Å². The molecule has 4 rings (SSSR count). The second kappa shape index (κ2) is 9.53. The van der Waals surface area contributed by atoms with Crippen molar-refractivity contribution in [2.24, 2.45) is 0 Å². The van der Waals surface area contributed by atoms with Gasteiger partial charge >= 0.3 is 0 Å². The highest BCUT2D eigenvalue weighted by atomic mass is 35.5. The summed E-state index contributed by atoms with van der Waals surface area (Å²) in [6.45, 7) is 7.29. The Morgan fingerprint density at radius 2 is 1.97 bits per heavy atom. The molecule has 1 saturated heterocycles. The number of aromatic nitrogens is 2. The maximum absolute atomic E-state index is 13.1. The van der Waals surface area contributed by atoms with Crippen LogP contribution in [0.5, 0.6) is 5.75 Å². The quantitative estimate of drug-likeness (QED) is 0.583. The predicted molar refractivity (Wildman–Crippen MR) is 125 cm³/mol. The Bertz CT molecular complexity index is 1050. The summed E-state index contributed by atoms with van der Waals surface area (Å²) >= 11 is 7.23. The van der Waals surface area contributed by atoms with Crippen LogP contribution in [0.3, 0.4) is 0 Å². The van der Waals surface area contributed by atoms with E-state index < -0.39 is 0 Å². The molecule has 3 aromatic rings. The fourth-order valence-electron chi connectivity index (χ4n) is 3.50. The molecule has 3 heterocycles. The third-order valence-electron chi connectivity index (χ3n) is 5.03. The van der Waals surface area contributed by atoms with Crippen LogP contribution in [0.4, 0.5) is 16.6 Å². The summed E-state index contributed by atoms with van der Waals surface area (Å²) in [7, 11) is 0. The molecule has 0 atom stereocenters. The summed E-state index contributed by atoms with van der Waals surface area (Å²) in [6, 6.07) is 11.6. The van der Waals surface area contributed by atoms with Crippen LogP contribution >= 0.6 is 22.9 Å². The minimum atomic E-state index is 0.0184. The molecule has 1 amide bonds. The summed E-state index contributed by atoms with van der Waals surface area (Å²) in [4.78, 5) is 26.7. The van der Waals surface area contributed by atoms with Crippen molar-refractivity contribution in [3.63, 3.8) is 0 Å². The van der Waals surface area contributed by atoms with Gasteiger partial charge in [0.1, 0.15) is 16.4 Å². The van der Waals surface area contributed by atoms with Crippen molar-refractivity contribution < 1.29 is 9.53 Å². The van der Waals surface area contributed by atoms with Gasteiger partial charge in [-0.25, -0.2) is 9.97 Å². The highest BCUT2D eigenvalue weighted by Crippen LogP contribution is 2.30. The van der Waals surface area contributed by atoms with Crippen molar-refractivity contribution in [2.75, 3.05) is 43.0 Å². The van der Waals surface area contributed by atoms with Gasteiger partial charge in [0.2, 0.25) is 0 Å². The number of anilines is 3. The number of halogens is 1. The van der Waals surface area contributed by atoms with Crippen molar-refractivity contribution >= 4 is 45.5 Å². The molecule has 9 heteroatoms. The first kappa shape index (κ1) is 21.4. The molecule has 0 unspecified atom stereocenters. The Morgan fingerprint density at radius 1 is 1.19 bits per heavy atom. The molecule has 31 heavy (non-hydrogen) atoms. The number of rotatable bonds is 6. The van der Waals surface area contributed by atoms with E-state index in [9.17, 15) is 4.79 Å². The molecule has 162 valence electrons. The molecule has 0 aliphatic carbocycles. The van der Waals surface area contributed by atoms with E-state index in [4.69, 9.17) is 16.3 Å². The van der Waals surface area contributed by atoms with Gasteiger partial charge in [0, 0.05) is 32.4 Å². The molecule has 1 aliphatic rings. The number of amides is 1. The van der Waals surface area contributed by atoms with E-state index in [1.165, 1.54) is 11.3 Å². The third-order valence-corrected chi connectivity index (χ3v) is 6.31. The Kier molecular flexibility index (Phi) is 6.58. The zero-order chi connectivity index (χ0) is 21.8. The van der Waals surface area contributed by atoms with Gasteiger partial charge in [0.05, 0.1) is 23.0 Å². The van der Waals surface area contributed by atoms with Crippen molar-refractivity contribution in [3.05, 3.63) is 58.2 Å². The first-order chi connectivity index (χ1) is 15.0. The molecule has 1 N–H and O–H groups in total. The normalized spacial score (nSPS) is 13.9. The molecular weight excluding hydrogens is 434 g/mol. The Hall–Kier alpha value is -2.84. The number of aryl methyl sites for hydroxylation is 1. The monoisotopic (exact) mass is 457 g/mol. The number of carbonyl (C=O) groups is 1. The molecule has 1 aliphatic heterocycles. The van der Waals surface area contributed by atoms with Gasteiger partial charge in [0.25, 0.3) is 5.91 Å². The first-order valence-corrected chi connectivity index (χ1v) is 11.4. The van der Waals surface area contributed by atoms with Crippen LogP contribution in [0.1, 0.15) is 22.3 Å². The van der Waals surface area contributed by atoms with Crippen LogP contribution in [-0.4, -0.2) is 53.6 Å².